The minimum atomic E-state index is -0.524. The summed E-state index contributed by atoms with van der Waals surface area (Å²) in [5.41, 5.74) is 1.12. The molecule has 23 heavy (non-hydrogen) atoms. The summed E-state index contributed by atoms with van der Waals surface area (Å²) in [5, 5.41) is 3.36. The van der Waals surface area contributed by atoms with Crippen molar-refractivity contribution in [1.82, 2.24) is 0 Å². The predicted molar refractivity (Wildman–Crippen MR) is 92.1 cm³/mol. The molecule has 2 rings (SSSR count). The van der Waals surface area contributed by atoms with Gasteiger partial charge in [-0.15, -0.1) is 0 Å². The maximum atomic E-state index is 11.7. The number of benzene rings is 2. The Labute approximate surface area is 141 Å². The Morgan fingerprint density at radius 1 is 1.13 bits per heavy atom. The van der Waals surface area contributed by atoms with Crippen molar-refractivity contribution in [1.29, 1.82) is 0 Å². The zero-order valence-electron chi connectivity index (χ0n) is 13.4. The van der Waals surface area contributed by atoms with Crippen LogP contribution in [-0.4, -0.2) is 11.7 Å². The Morgan fingerprint density at radius 2 is 1.83 bits per heavy atom. The first-order valence-corrected chi connectivity index (χ1v) is 7.67. The second-order valence-corrected chi connectivity index (χ2v) is 6.51. The van der Waals surface area contributed by atoms with Gasteiger partial charge in [0, 0.05) is 10.7 Å². The first-order valence-electron chi connectivity index (χ1n) is 7.29. The normalized spacial score (nSPS) is 11.0. The van der Waals surface area contributed by atoms with Gasteiger partial charge >= 0.3 is 6.09 Å². The number of ether oxygens (including phenoxy) is 2. The van der Waals surface area contributed by atoms with Crippen molar-refractivity contribution >= 4 is 23.4 Å². The van der Waals surface area contributed by atoms with Crippen molar-refractivity contribution in [3.63, 3.8) is 0 Å². The highest BCUT2D eigenvalue weighted by Gasteiger charge is 2.16. The van der Waals surface area contributed by atoms with Gasteiger partial charge in [0.25, 0.3) is 0 Å². The molecule has 122 valence electrons. The average molecular weight is 334 g/mol. The van der Waals surface area contributed by atoms with Gasteiger partial charge in [-0.25, -0.2) is 4.79 Å². The van der Waals surface area contributed by atoms with Gasteiger partial charge in [0.2, 0.25) is 0 Å². The van der Waals surface area contributed by atoms with Crippen LogP contribution in [-0.2, 0) is 11.3 Å². The van der Waals surface area contributed by atoms with Crippen LogP contribution in [0.25, 0.3) is 0 Å². The van der Waals surface area contributed by atoms with Crippen molar-refractivity contribution in [3.05, 3.63) is 59.1 Å². The van der Waals surface area contributed by atoms with Gasteiger partial charge in [-0.2, -0.15) is 0 Å². The Balaban J connectivity index is 1.88. The summed E-state index contributed by atoms with van der Waals surface area (Å²) in [5.74, 6) is 0.708. The van der Waals surface area contributed by atoms with Gasteiger partial charge in [0.1, 0.15) is 18.0 Å². The van der Waals surface area contributed by atoms with Gasteiger partial charge in [0.15, 0.2) is 0 Å². The lowest BCUT2D eigenvalue weighted by molar-refractivity contribution is 0.0636. The monoisotopic (exact) mass is 333 g/mol. The van der Waals surface area contributed by atoms with E-state index in [4.69, 9.17) is 21.1 Å². The van der Waals surface area contributed by atoms with Gasteiger partial charge < -0.3 is 9.47 Å². The topological polar surface area (TPSA) is 47.6 Å². The molecule has 0 aromatic heterocycles. The van der Waals surface area contributed by atoms with Gasteiger partial charge in [-0.3, -0.25) is 5.32 Å². The van der Waals surface area contributed by atoms with E-state index in [9.17, 15) is 4.79 Å². The molecule has 0 spiro atoms. The molecule has 4 nitrogen and oxygen atoms in total. The number of hydrogen-bond acceptors (Lipinski definition) is 3. The molecule has 2 aromatic carbocycles. The van der Waals surface area contributed by atoms with Gasteiger partial charge in [0.05, 0.1) is 0 Å². The molecule has 0 saturated carbocycles. The summed E-state index contributed by atoms with van der Waals surface area (Å²) >= 11 is 5.93. The van der Waals surface area contributed by atoms with Crippen LogP contribution in [0.1, 0.15) is 26.3 Å². The number of nitrogens with one attached hydrogen (secondary N) is 1. The number of carbonyl (C=O) groups excluding carboxylic acids is 1. The molecule has 0 radical (unpaired) electrons. The summed E-state index contributed by atoms with van der Waals surface area (Å²) in [6, 6.07) is 14.6. The highest BCUT2D eigenvalue weighted by atomic mass is 35.5. The summed E-state index contributed by atoms with van der Waals surface area (Å²) in [6.45, 7) is 5.89. The van der Waals surface area contributed by atoms with E-state index in [2.05, 4.69) is 5.32 Å². The van der Waals surface area contributed by atoms with Crippen LogP contribution in [0.2, 0.25) is 5.02 Å². The van der Waals surface area contributed by atoms with Crippen LogP contribution in [0.15, 0.2) is 48.5 Å². The molecule has 1 amide bonds. The standard InChI is InChI=1S/C18H20ClNO3/c1-18(2,3)23-17(21)20-15-7-9-16(10-8-15)22-12-13-5-4-6-14(19)11-13/h4-11H,12H2,1-3H3,(H,20,21). The third kappa shape index (κ3) is 6.20. The molecule has 5 heteroatoms. The number of rotatable bonds is 4. The van der Waals surface area contributed by atoms with Crippen molar-refractivity contribution in [2.45, 2.75) is 33.0 Å². The van der Waals surface area contributed by atoms with Crippen LogP contribution in [0.4, 0.5) is 10.5 Å². The van der Waals surface area contributed by atoms with Gasteiger partial charge in [-0.05, 0) is 62.7 Å². The third-order valence-corrected chi connectivity index (χ3v) is 3.03. The van der Waals surface area contributed by atoms with E-state index in [1.807, 2.05) is 45.0 Å². The predicted octanol–water partition coefficient (Wildman–Crippen LogP) is 5.27. The maximum Gasteiger partial charge on any atom is 0.412 e. The van der Waals surface area contributed by atoms with Crippen LogP contribution in [0, 0.1) is 0 Å². The summed E-state index contributed by atoms with van der Waals surface area (Å²) in [7, 11) is 0. The first-order chi connectivity index (χ1) is 10.8. The highest BCUT2D eigenvalue weighted by molar-refractivity contribution is 6.30. The Kier molecular flexibility index (Phi) is 5.50. The number of carbonyl (C=O) groups is 1. The molecule has 0 aliphatic carbocycles. The largest absolute Gasteiger partial charge is 0.489 e. The fourth-order valence-corrected chi connectivity index (χ4v) is 2.06. The highest BCUT2D eigenvalue weighted by Crippen LogP contribution is 2.19. The lowest BCUT2D eigenvalue weighted by Gasteiger charge is -2.19. The summed E-state index contributed by atoms with van der Waals surface area (Å²) < 4.78 is 10.9. The van der Waals surface area contributed by atoms with E-state index in [1.165, 1.54) is 0 Å². The molecule has 0 fully saturated rings. The lowest BCUT2D eigenvalue weighted by atomic mass is 10.2. The van der Waals surface area contributed by atoms with Crippen LogP contribution < -0.4 is 10.1 Å². The zero-order chi connectivity index (χ0) is 16.9. The second-order valence-electron chi connectivity index (χ2n) is 6.07. The van der Waals surface area contributed by atoms with E-state index < -0.39 is 11.7 Å². The minimum Gasteiger partial charge on any atom is -0.489 e. The molecular formula is C18H20ClNO3. The SMILES string of the molecule is CC(C)(C)OC(=O)Nc1ccc(OCc2cccc(Cl)c2)cc1. The number of anilines is 1. The fourth-order valence-electron chi connectivity index (χ4n) is 1.85. The Hall–Kier alpha value is -2.20. The Morgan fingerprint density at radius 3 is 2.43 bits per heavy atom. The molecule has 0 aliphatic rings. The number of hydrogen-bond donors (Lipinski definition) is 1. The molecule has 0 heterocycles. The van der Waals surface area contributed by atoms with Crippen molar-refractivity contribution in [3.8, 4) is 5.75 Å². The van der Waals surface area contributed by atoms with E-state index >= 15 is 0 Å². The minimum absolute atomic E-state index is 0.430. The fraction of sp³-hybridized carbons (Fsp3) is 0.278. The molecule has 0 bridgehead atoms. The molecule has 0 unspecified atom stereocenters. The Bertz CT molecular complexity index is 663. The van der Waals surface area contributed by atoms with Crippen molar-refractivity contribution < 1.29 is 14.3 Å². The molecule has 0 atom stereocenters. The molecule has 1 N–H and O–H groups in total. The van der Waals surface area contributed by atoms with Gasteiger partial charge in [-0.1, -0.05) is 23.7 Å². The maximum absolute atomic E-state index is 11.7. The quantitative estimate of drug-likeness (QED) is 0.829. The molecular weight excluding hydrogens is 314 g/mol. The van der Waals surface area contributed by atoms with E-state index in [-0.39, 0.29) is 0 Å². The number of halogens is 1. The van der Waals surface area contributed by atoms with E-state index in [0.717, 1.165) is 5.56 Å². The van der Waals surface area contributed by atoms with Crippen molar-refractivity contribution in [2.75, 3.05) is 5.32 Å². The molecule has 0 aliphatic heterocycles. The van der Waals surface area contributed by atoms with Crippen LogP contribution in [0.5, 0.6) is 5.75 Å². The molecule has 0 saturated heterocycles. The molecule has 2 aromatic rings. The van der Waals surface area contributed by atoms with Crippen LogP contribution >= 0.6 is 11.6 Å². The average Bonchev–Trinajstić information content (AvgIpc) is 2.44. The first kappa shape index (κ1) is 17.2. The van der Waals surface area contributed by atoms with Crippen LogP contribution in [0.3, 0.4) is 0 Å². The number of amides is 1. The van der Waals surface area contributed by atoms with E-state index in [0.29, 0.717) is 23.1 Å². The summed E-state index contributed by atoms with van der Waals surface area (Å²) in [4.78, 5) is 11.7. The van der Waals surface area contributed by atoms with E-state index in [1.54, 1.807) is 24.3 Å². The second kappa shape index (κ2) is 7.38. The van der Waals surface area contributed by atoms with Crippen molar-refractivity contribution in [2.24, 2.45) is 0 Å². The smallest absolute Gasteiger partial charge is 0.412 e. The summed E-state index contributed by atoms with van der Waals surface area (Å²) in [6.07, 6.45) is -0.481. The zero-order valence-corrected chi connectivity index (χ0v) is 14.2. The third-order valence-electron chi connectivity index (χ3n) is 2.79. The lowest BCUT2D eigenvalue weighted by Crippen LogP contribution is -2.27.